The summed E-state index contributed by atoms with van der Waals surface area (Å²) in [7, 11) is 0. The lowest BCUT2D eigenvalue weighted by Crippen LogP contribution is -2.49. The number of morpholine rings is 1. The number of rotatable bonds is 6. The number of benzene rings is 1. The predicted molar refractivity (Wildman–Crippen MR) is 94.4 cm³/mol. The van der Waals surface area contributed by atoms with Crippen LogP contribution in [0.4, 0.5) is 0 Å². The van der Waals surface area contributed by atoms with Crippen molar-refractivity contribution in [2.75, 3.05) is 32.8 Å². The van der Waals surface area contributed by atoms with Crippen molar-refractivity contribution in [1.82, 2.24) is 10.2 Å². The zero-order valence-electron chi connectivity index (χ0n) is 13.6. The molecule has 1 aliphatic heterocycles. The molecule has 1 N–H and O–H groups in total. The molecule has 1 aliphatic rings. The second kappa shape index (κ2) is 8.88. The molecule has 0 radical (unpaired) electrons. The molecular weight excluding hydrogens is 335 g/mol. The van der Waals surface area contributed by atoms with E-state index in [9.17, 15) is 4.79 Å². The highest BCUT2D eigenvalue weighted by molar-refractivity contribution is 6.43. The summed E-state index contributed by atoms with van der Waals surface area (Å²) in [6.45, 7) is 8.31. The summed E-state index contributed by atoms with van der Waals surface area (Å²) < 4.78 is 5.42. The van der Waals surface area contributed by atoms with Crippen LogP contribution in [0.25, 0.3) is 0 Å². The van der Waals surface area contributed by atoms with Crippen molar-refractivity contribution in [1.29, 1.82) is 0 Å². The topological polar surface area (TPSA) is 41.6 Å². The van der Waals surface area contributed by atoms with Gasteiger partial charge < -0.3 is 10.1 Å². The minimum absolute atomic E-state index is 0.181. The summed E-state index contributed by atoms with van der Waals surface area (Å²) >= 11 is 12.1. The van der Waals surface area contributed by atoms with Crippen LogP contribution in [0.2, 0.25) is 10.0 Å². The number of amides is 1. The van der Waals surface area contributed by atoms with Gasteiger partial charge in [-0.2, -0.15) is 0 Å². The maximum atomic E-state index is 12.4. The Morgan fingerprint density at radius 2 is 2.00 bits per heavy atom. The normalized spacial score (nSPS) is 17.3. The largest absolute Gasteiger partial charge is 0.379 e. The first kappa shape index (κ1) is 18.5. The summed E-state index contributed by atoms with van der Waals surface area (Å²) in [6, 6.07) is 5.41. The van der Waals surface area contributed by atoms with Crippen LogP contribution in [0, 0.1) is 5.92 Å². The number of nitrogens with one attached hydrogen (secondary N) is 1. The summed E-state index contributed by atoms with van der Waals surface area (Å²) in [5.74, 6) is 0.383. The lowest BCUT2D eigenvalue weighted by Gasteiger charge is -2.35. The van der Waals surface area contributed by atoms with Crippen LogP contribution in [-0.4, -0.2) is 49.7 Å². The molecule has 2 rings (SSSR count). The second-order valence-corrected chi connectivity index (χ2v) is 7.03. The average Bonchev–Trinajstić information content (AvgIpc) is 2.54. The van der Waals surface area contributed by atoms with Crippen LogP contribution in [0.1, 0.15) is 30.6 Å². The molecule has 0 saturated carbocycles. The monoisotopic (exact) mass is 358 g/mol. The number of hydrogen-bond acceptors (Lipinski definition) is 3. The summed E-state index contributed by atoms with van der Waals surface area (Å²) in [6.07, 6.45) is 1.03. The van der Waals surface area contributed by atoms with E-state index in [0.29, 0.717) is 34.1 Å². The Morgan fingerprint density at radius 3 is 2.65 bits per heavy atom. The third-order valence-corrected chi connectivity index (χ3v) is 4.82. The second-order valence-electron chi connectivity index (χ2n) is 6.24. The van der Waals surface area contributed by atoms with E-state index in [2.05, 4.69) is 24.1 Å². The predicted octanol–water partition coefficient (Wildman–Crippen LogP) is 3.47. The third kappa shape index (κ3) is 5.35. The van der Waals surface area contributed by atoms with Crippen LogP contribution in [-0.2, 0) is 4.74 Å². The van der Waals surface area contributed by atoms with Gasteiger partial charge in [0.15, 0.2) is 0 Å². The fourth-order valence-corrected chi connectivity index (χ4v) is 3.22. The van der Waals surface area contributed by atoms with E-state index >= 15 is 0 Å². The molecular formula is C17H24Cl2N2O2. The molecule has 1 aromatic carbocycles. The van der Waals surface area contributed by atoms with Gasteiger partial charge in [-0.05, 0) is 24.5 Å². The first-order valence-corrected chi connectivity index (χ1v) is 8.78. The fraction of sp³-hybridized carbons (Fsp3) is 0.588. The van der Waals surface area contributed by atoms with Crippen molar-refractivity contribution in [3.8, 4) is 0 Å². The van der Waals surface area contributed by atoms with Gasteiger partial charge in [-0.3, -0.25) is 9.69 Å². The van der Waals surface area contributed by atoms with E-state index in [-0.39, 0.29) is 5.91 Å². The lowest BCUT2D eigenvalue weighted by atomic mass is 10.0. The minimum atomic E-state index is -0.181. The van der Waals surface area contributed by atoms with E-state index in [0.717, 1.165) is 32.7 Å². The SMILES string of the molecule is CC(C)CC(CNC(=O)c1cccc(Cl)c1Cl)N1CCOCC1. The Bertz CT molecular complexity index is 531. The van der Waals surface area contributed by atoms with Gasteiger partial charge in [-0.1, -0.05) is 43.1 Å². The van der Waals surface area contributed by atoms with E-state index in [4.69, 9.17) is 27.9 Å². The Morgan fingerprint density at radius 1 is 1.30 bits per heavy atom. The average molecular weight is 359 g/mol. The number of carbonyl (C=O) groups excluding carboxylic acids is 1. The van der Waals surface area contributed by atoms with Gasteiger partial charge in [0.05, 0.1) is 28.8 Å². The van der Waals surface area contributed by atoms with Crippen LogP contribution in [0.5, 0.6) is 0 Å². The molecule has 23 heavy (non-hydrogen) atoms. The molecule has 4 nitrogen and oxygen atoms in total. The molecule has 1 saturated heterocycles. The zero-order chi connectivity index (χ0) is 16.8. The van der Waals surface area contributed by atoms with Crippen LogP contribution in [0.3, 0.4) is 0 Å². The minimum Gasteiger partial charge on any atom is -0.379 e. The highest BCUT2D eigenvalue weighted by atomic mass is 35.5. The quantitative estimate of drug-likeness (QED) is 0.846. The zero-order valence-corrected chi connectivity index (χ0v) is 15.2. The number of nitrogens with zero attached hydrogens (tertiary/aromatic N) is 1. The maximum Gasteiger partial charge on any atom is 0.252 e. The van der Waals surface area contributed by atoms with Gasteiger partial charge >= 0.3 is 0 Å². The molecule has 6 heteroatoms. The first-order chi connectivity index (χ1) is 11.0. The molecule has 0 spiro atoms. The van der Waals surface area contributed by atoms with Crippen LogP contribution in [0.15, 0.2) is 18.2 Å². The number of ether oxygens (including phenoxy) is 1. The van der Waals surface area contributed by atoms with Gasteiger partial charge in [0.2, 0.25) is 0 Å². The van der Waals surface area contributed by atoms with Crippen molar-refractivity contribution in [3.63, 3.8) is 0 Å². The number of hydrogen-bond donors (Lipinski definition) is 1. The van der Waals surface area contributed by atoms with Crippen LogP contribution >= 0.6 is 23.2 Å². The molecule has 1 fully saturated rings. The lowest BCUT2D eigenvalue weighted by molar-refractivity contribution is 0.0124. The molecule has 1 amide bonds. The van der Waals surface area contributed by atoms with E-state index in [1.807, 2.05) is 0 Å². The fourth-order valence-electron chi connectivity index (χ4n) is 2.83. The number of carbonyl (C=O) groups is 1. The summed E-state index contributed by atoms with van der Waals surface area (Å²) in [5.41, 5.74) is 0.421. The molecule has 1 unspecified atom stereocenters. The van der Waals surface area contributed by atoms with Crippen molar-refractivity contribution in [3.05, 3.63) is 33.8 Å². The summed E-state index contributed by atoms with van der Waals surface area (Å²) in [5, 5.41) is 3.70. The molecule has 1 aromatic rings. The first-order valence-electron chi connectivity index (χ1n) is 8.03. The Kier molecular flexibility index (Phi) is 7.15. The molecule has 1 heterocycles. The molecule has 0 aliphatic carbocycles. The van der Waals surface area contributed by atoms with E-state index in [1.54, 1.807) is 18.2 Å². The molecule has 1 atom stereocenters. The van der Waals surface area contributed by atoms with Crippen molar-refractivity contribution in [2.45, 2.75) is 26.3 Å². The van der Waals surface area contributed by atoms with E-state index in [1.165, 1.54) is 0 Å². The van der Waals surface area contributed by atoms with Crippen molar-refractivity contribution >= 4 is 29.1 Å². The standard InChI is InChI=1S/C17H24Cl2N2O2/c1-12(2)10-13(21-6-8-23-9-7-21)11-20-17(22)14-4-3-5-15(18)16(14)19/h3-5,12-13H,6-11H2,1-2H3,(H,20,22). The molecule has 0 bridgehead atoms. The molecule has 128 valence electrons. The smallest absolute Gasteiger partial charge is 0.252 e. The van der Waals surface area contributed by atoms with Gasteiger partial charge in [-0.25, -0.2) is 0 Å². The number of halogens is 2. The Balaban J connectivity index is 1.99. The molecule has 0 aromatic heterocycles. The third-order valence-electron chi connectivity index (χ3n) is 4.00. The highest BCUT2D eigenvalue weighted by Crippen LogP contribution is 2.25. The van der Waals surface area contributed by atoms with Crippen LogP contribution < -0.4 is 5.32 Å². The highest BCUT2D eigenvalue weighted by Gasteiger charge is 2.23. The summed E-state index contributed by atoms with van der Waals surface area (Å²) in [4.78, 5) is 14.8. The van der Waals surface area contributed by atoms with Gasteiger partial charge in [0.25, 0.3) is 5.91 Å². The van der Waals surface area contributed by atoms with Crippen molar-refractivity contribution < 1.29 is 9.53 Å². The Labute approximate surface area is 148 Å². The van der Waals surface area contributed by atoms with Gasteiger partial charge in [0.1, 0.15) is 0 Å². The maximum absolute atomic E-state index is 12.4. The van der Waals surface area contributed by atoms with Gasteiger partial charge in [0, 0.05) is 25.7 Å². The van der Waals surface area contributed by atoms with Crippen molar-refractivity contribution in [2.24, 2.45) is 5.92 Å². The van der Waals surface area contributed by atoms with E-state index < -0.39 is 0 Å². The van der Waals surface area contributed by atoms with Gasteiger partial charge in [-0.15, -0.1) is 0 Å². The Hall–Kier alpha value is -0.810.